The molecule has 0 aliphatic carbocycles. The normalized spacial score (nSPS) is 14.7. The number of aryl methyl sites for hydroxylation is 1. The Morgan fingerprint density at radius 1 is 1.11 bits per heavy atom. The number of sulfonamides is 1. The summed E-state index contributed by atoms with van der Waals surface area (Å²) in [5, 5.41) is 14.4. The number of nitrogens with one attached hydrogen (secondary N) is 3. The Balaban J connectivity index is 1.59. The van der Waals surface area contributed by atoms with Gasteiger partial charge in [-0.05, 0) is 74.9 Å². The minimum Gasteiger partial charge on any atom is -0.339 e. The molecule has 0 saturated carbocycles. The summed E-state index contributed by atoms with van der Waals surface area (Å²) in [4.78, 5) is 27.4. The third kappa shape index (κ3) is 7.54. The second kappa shape index (κ2) is 11.1. The highest BCUT2D eigenvalue weighted by atomic mass is 32.2. The van der Waals surface area contributed by atoms with Gasteiger partial charge in [0.2, 0.25) is 10.0 Å². The molecule has 1 aliphatic heterocycles. The molecule has 9 nitrogen and oxygen atoms in total. The average Bonchev–Trinajstić information content (AvgIpc) is 2.82. The number of piperidine rings is 1. The highest BCUT2D eigenvalue weighted by molar-refractivity contribution is 7.88. The molecule has 1 aliphatic rings. The zero-order chi connectivity index (χ0) is 26.5. The Hall–Kier alpha value is -3.42. The Morgan fingerprint density at radius 2 is 1.75 bits per heavy atom. The van der Waals surface area contributed by atoms with Gasteiger partial charge in [-0.3, -0.25) is 4.79 Å². The molecular formula is C26H33N5O4S. The van der Waals surface area contributed by atoms with E-state index in [0.29, 0.717) is 35.8 Å². The van der Waals surface area contributed by atoms with E-state index in [1.165, 1.54) is 5.56 Å². The second-order valence-corrected chi connectivity index (χ2v) is 11.6. The highest BCUT2D eigenvalue weighted by Gasteiger charge is 2.26. The topological polar surface area (TPSA) is 131 Å². The number of nitrogens with zero attached hydrogens (tertiary/aromatic N) is 2. The summed E-state index contributed by atoms with van der Waals surface area (Å²) >= 11 is 0. The third-order valence-electron chi connectivity index (χ3n) is 6.18. The Kier molecular flexibility index (Phi) is 8.38. The van der Waals surface area contributed by atoms with E-state index in [4.69, 9.17) is 5.26 Å². The lowest BCUT2D eigenvalue weighted by Gasteiger charge is -2.32. The van der Waals surface area contributed by atoms with E-state index >= 15 is 0 Å². The zero-order valence-electron chi connectivity index (χ0n) is 21.1. The van der Waals surface area contributed by atoms with Crippen molar-refractivity contribution in [3.8, 4) is 6.07 Å². The van der Waals surface area contributed by atoms with Crippen LogP contribution in [0.1, 0.15) is 59.7 Å². The monoisotopic (exact) mass is 511 g/mol. The first kappa shape index (κ1) is 27.2. The predicted octanol–water partition coefficient (Wildman–Crippen LogP) is 3.34. The highest BCUT2D eigenvalue weighted by Crippen LogP contribution is 2.29. The first-order valence-electron chi connectivity index (χ1n) is 11.8. The lowest BCUT2D eigenvalue weighted by molar-refractivity contribution is 0.0713. The van der Waals surface area contributed by atoms with Gasteiger partial charge in [0.1, 0.15) is 0 Å². The number of hydrogen-bond donors (Lipinski definition) is 3. The molecule has 0 radical (unpaired) electrons. The number of benzene rings is 2. The van der Waals surface area contributed by atoms with Crippen LogP contribution in [-0.4, -0.2) is 56.7 Å². The largest absolute Gasteiger partial charge is 0.339 e. The first-order valence-corrected chi connectivity index (χ1v) is 13.7. The van der Waals surface area contributed by atoms with Crippen LogP contribution in [0, 0.1) is 18.3 Å². The van der Waals surface area contributed by atoms with Crippen molar-refractivity contribution in [2.45, 2.75) is 45.1 Å². The Morgan fingerprint density at radius 3 is 2.33 bits per heavy atom. The average molecular weight is 512 g/mol. The molecule has 2 aromatic carbocycles. The lowest BCUT2D eigenvalue weighted by atomic mass is 9.89. The first-order chi connectivity index (χ1) is 16.9. The van der Waals surface area contributed by atoms with Crippen molar-refractivity contribution in [1.29, 1.82) is 5.26 Å². The van der Waals surface area contributed by atoms with Crippen LogP contribution >= 0.6 is 0 Å². The van der Waals surface area contributed by atoms with Crippen LogP contribution in [0.2, 0.25) is 0 Å². The number of anilines is 1. The summed E-state index contributed by atoms with van der Waals surface area (Å²) in [6.45, 7) is 6.51. The Bertz CT molecular complexity index is 1260. The van der Waals surface area contributed by atoms with Crippen molar-refractivity contribution in [3.63, 3.8) is 0 Å². The quantitative estimate of drug-likeness (QED) is 0.525. The van der Waals surface area contributed by atoms with Crippen molar-refractivity contribution >= 4 is 27.6 Å². The van der Waals surface area contributed by atoms with Crippen LogP contribution in [0.4, 0.5) is 10.5 Å². The van der Waals surface area contributed by atoms with Crippen molar-refractivity contribution in [2.75, 3.05) is 31.2 Å². The van der Waals surface area contributed by atoms with E-state index in [2.05, 4.69) is 21.4 Å². The fourth-order valence-electron chi connectivity index (χ4n) is 4.32. The molecule has 192 valence electrons. The van der Waals surface area contributed by atoms with Crippen LogP contribution < -0.4 is 15.4 Å². The summed E-state index contributed by atoms with van der Waals surface area (Å²) in [5.41, 5.74) is 2.77. The number of carbonyl (C=O) groups excluding carboxylic acids is 2. The summed E-state index contributed by atoms with van der Waals surface area (Å²) in [6.07, 6.45) is 2.75. The van der Waals surface area contributed by atoms with Gasteiger partial charge in [0, 0.05) is 36.4 Å². The van der Waals surface area contributed by atoms with Gasteiger partial charge in [-0.15, -0.1) is 0 Å². The van der Waals surface area contributed by atoms with Crippen LogP contribution in [0.25, 0.3) is 0 Å². The fraction of sp³-hybridized carbons (Fsp3) is 0.423. The van der Waals surface area contributed by atoms with Gasteiger partial charge in [0.25, 0.3) is 5.91 Å². The molecular weight excluding hydrogens is 478 g/mol. The molecule has 0 aromatic heterocycles. The molecule has 3 amide bonds. The molecule has 10 heteroatoms. The van der Waals surface area contributed by atoms with E-state index in [1.807, 2.05) is 36.1 Å². The summed E-state index contributed by atoms with van der Waals surface area (Å²) < 4.78 is 25.4. The smallest absolute Gasteiger partial charge is 0.319 e. The van der Waals surface area contributed by atoms with E-state index in [0.717, 1.165) is 24.7 Å². The van der Waals surface area contributed by atoms with E-state index in [9.17, 15) is 18.0 Å². The molecule has 1 fully saturated rings. The van der Waals surface area contributed by atoms with E-state index in [-0.39, 0.29) is 12.5 Å². The van der Waals surface area contributed by atoms with Gasteiger partial charge in [-0.1, -0.05) is 18.2 Å². The number of carbonyl (C=O) groups is 2. The Labute approximate surface area is 212 Å². The fourth-order valence-corrected chi connectivity index (χ4v) is 5.40. The molecule has 36 heavy (non-hydrogen) atoms. The molecule has 0 unspecified atom stereocenters. The number of rotatable bonds is 7. The van der Waals surface area contributed by atoms with Gasteiger partial charge < -0.3 is 15.5 Å². The number of nitriles is 1. The van der Waals surface area contributed by atoms with Crippen molar-refractivity contribution < 1.29 is 18.0 Å². The van der Waals surface area contributed by atoms with Crippen LogP contribution in [0.5, 0.6) is 0 Å². The minimum atomic E-state index is -3.42. The predicted molar refractivity (Wildman–Crippen MR) is 139 cm³/mol. The summed E-state index contributed by atoms with van der Waals surface area (Å²) in [7, 11) is -3.42. The molecule has 0 spiro atoms. The van der Waals surface area contributed by atoms with Crippen LogP contribution in [0.3, 0.4) is 0 Å². The minimum absolute atomic E-state index is 0.0811. The molecule has 0 bridgehead atoms. The molecule has 3 rings (SSSR count). The second-order valence-electron chi connectivity index (χ2n) is 9.90. The van der Waals surface area contributed by atoms with E-state index < -0.39 is 21.6 Å². The third-order valence-corrected chi connectivity index (χ3v) is 7.10. The van der Waals surface area contributed by atoms with Crippen LogP contribution in [0.15, 0.2) is 42.5 Å². The van der Waals surface area contributed by atoms with Gasteiger partial charge in [-0.2, -0.15) is 5.26 Å². The van der Waals surface area contributed by atoms with Gasteiger partial charge >= 0.3 is 6.03 Å². The lowest BCUT2D eigenvalue weighted by Crippen LogP contribution is -2.51. The van der Waals surface area contributed by atoms with Gasteiger partial charge in [0.05, 0.1) is 17.9 Å². The van der Waals surface area contributed by atoms with E-state index in [1.54, 1.807) is 32.0 Å². The molecule has 2 aromatic rings. The van der Waals surface area contributed by atoms with Crippen molar-refractivity contribution in [1.82, 2.24) is 14.9 Å². The maximum absolute atomic E-state index is 13.2. The molecule has 1 heterocycles. The number of urea groups is 1. The molecule has 0 atom stereocenters. The van der Waals surface area contributed by atoms with Crippen LogP contribution in [-0.2, 0) is 10.0 Å². The maximum Gasteiger partial charge on any atom is 0.319 e. The van der Waals surface area contributed by atoms with Gasteiger partial charge in [0.15, 0.2) is 0 Å². The number of likely N-dealkylation sites (tertiary alicyclic amines) is 1. The molecule has 1 saturated heterocycles. The number of amides is 3. The zero-order valence-corrected chi connectivity index (χ0v) is 21.9. The van der Waals surface area contributed by atoms with Gasteiger partial charge in [-0.25, -0.2) is 17.9 Å². The summed E-state index contributed by atoms with van der Waals surface area (Å²) in [6, 6.07) is 14.5. The maximum atomic E-state index is 13.2. The SMILES string of the molecule is Cc1ccc(C(=O)N2CCC(c3ccc(C#N)cc3)CC2)cc1NC(=O)NCC(C)(C)NS(C)(=O)=O. The van der Waals surface area contributed by atoms with Crippen molar-refractivity contribution in [3.05, 3.63) is 64.7 Å². The number of hydrogen-bond acceptors (Lipinski definition) is 5. The van der Waals surface area contributed by atoms with Crippen molar-refractivity contribution in [2.24, 2.45) is 0 Å². The standard InChI is InChI=1S/C26H33N5O4S/c1-18-5-8-22(15-23(18)29-25(33)28-17-26(2,3)30-36(4,34)35)24(32)31-13-11-21(12-14-31)20-9-6-19(16-27)7-10-20/h5-10,15,21,30H,11-14,17H2,1-4H3,(H2,28,29,33). The summed E-state index contributed by atoms with van der Waals surface area (Å²) in [5.74, 6) is 0.261. The molecule has 3 N–H and O–H groups in total.